The molecule has 1 aromatic heterocycles. The zero-order valence-corrected chi connectivity index (χ0v) is 24.3. The van der Waals surface area contributed by atoms with Crippen molar-refractivity contribution >= 4 is 23.7 Å². The molecule has 1 fully saturated rings. The number of benzene rings is 1. The molecule has 0 bridgehead atoms. The van der Waals surface area contributed by atoms with Gasteiger partial charge in [0, 0.05) is 6.42 Å². The number of aromatic amines is 1. The fraction of sp³-hybridized carbons (Fsp3) is 0.455. The molecule has 0 aliphatic heterocycles. The lowest BCUT2D eigenvalue weighted by Gasteiger charge is -2.28. The number of H-pyrrole nitrogens is 1. The van der Waals surface area contributed by atoms with Gasteiger partial charge in [0.2, 0.25) is 0 Å². The molecule has 0 atom stereocenters. The Morgan fingerprint density at radius 1 is 1.11 bits per heavy atom. The molecule has 0 unspecified atom stereocenters. The maximum absolute atomic E-state index is 11.4. The minimum Gasteiger partial charge on any atom is -0.469 e. The number of hydrogen-bond donors (Lipinski definition) is 1. The molecule has 1 aliphatic carbocycles. The van der Waals surface area contributed by atoms with Crippen molar-refractivity contribution in [2.45, 2.75) is 86.0 Å². The molecule has 4 nitrogen and oxygen atoms in total. The van der Waals surface area contributed by atoms with Crippen molar-refractivity contribution in [1.29, 1.82) is 0 Å². The molecule has 0 radical (unpaired) electrons. The van der Waals surface area contributed by atoms with Gasteiger partial charge in [-0.25, -0.2) is 4.98 Å². The average Bonchev–Trinajstić information content (AvgIpc) is 3.42. The predicted molar refractivity (Wildman–Crippen MR) is 162 cm³/mol. The van der Waals surface area contributed by atoms with Gasteiger partial charge in [-0.3, -0.25) is 4.79 Å². The van der Waals surface area contributed by atoms with Crippen molar-refractivity contribution in [1.82, 2.24) is 9.97 Å². The van der Waals surface area contributed by atoms with Crippen LogP contribution in [0.2, 0.25) is 0 Å². The second-order valence-corrected chi connectivity index (χ2v) is 8.34. The molecule has 0 saturated heterocycles. The molecule has 37 heavy (non-hydrogen) atoms. The van der Waals surface area contributed by atoms with Crippen LogP contribution in [0.3, 0.4) is 0 Å². The highest BCUT2D eigenvalue weighted by Crippen LogP contribution is 2.37. The van der Waals surface area contributed by atoms with Crippen LogP contribution < -0.4 is 10.7 Å². The summed E-state index contributed by atoms with van der Waals surface area (Å²) in [7, 11) is 1.47. The number of esters is 1. The first-order valence-corrected chi connectivity index (χ1v) is 13.8. The minimum absolute atomic E-state index is 0.0797. The van der Waals surface area contributed by atoms with Gasteiger partial charge in [-0.1, -0.05) is 102 Å². The van der Waals surface area contributed by atoms with Crippen LogP contribution in [0.5, 0.6) is 0 Å². The molecule has 0 spiro atoms. The van der Waals surface area contributed by atoms with Crippen LogP contribution in [0, 0.1) is 5.92 Å². The van der Waals surface area contributed by atoms with Crippen molar-refractivity contribution in [2.75, 3.05) is 7.11 Å². The molecular formula is C33H50N2O2. The molecular weight excluding hydrogens is 456 g/mol. The van der Waals surface area contributed by atoms with E-state index in [1.54, 1.807) is 12.4 Å². The Morgan fingerprint density at radius 2 is 1.73 bits per heavy atom. The highest BCUT2D eigenvalue weighted by Gasteiger charge is 2.24. The van der Waals surface area contributed by atoms with Crippen LogP contribution in [0.1, 0.15) is 97.1 Å². The van der Waals surface area contributed by atoms with E-state index in [0.717, 1.165) is 53.9 Å². The number of allylic oxidation sites excluding steroid dienone is 4. The van der Waals surface area contributed by atoms with E-state index >= 15 is 0 Å². The first kappa shape index (κ1) is 33.9. The summed E-state index contributed by atoms with van der Waals surface area (Å²) in [6.07, 6.45) is 17.6. The molecule has 0 amide bonds. The Hall–Kier alpha value is -3.14. The number of ether oxygens (including phenoxy) is 1. The summed E-state index contributed by atoms with van der Waals surface area (Å²) in [5.74, 6) is 1.01. The topological polar surface area (TPSA) is 55.0 Å². The third-order valence-corrected chi connectivity index (χ3v) is 6.10. The van der Waals surface area contributed by atoms with Gasteiger partial charge in [-0.2, -0.15) is 0 Å². The zero-order chi connectivity index (χ0) is 28.1. The van der Waals surface area contributed by atoms with Gasteiger partial charge in [0.25, 0.3) is 0 Å². The molecule has 1 aromatic carbocycles. The van der Waals surface area contributed by atoms with E-state index in [4.69, 9.17) is 4.74 Å². The predicted octanol–water partition coefficient (Wildman–Crippen LogP) is 7.73. The number of hydrogen-bond acceptors (Lipinski definition) is 3. The zero-order valence-electron chi connectivity index (χ0n) is 24.3. The maximum Gasteiger partial charge on any atom is 0.305 e. The lowest BCUT2D eigenvalue weighted by Crippen LogP contribution is -2.23. The summed E-state index contributed by atoms with van der Waals surface area (Å²) in [5.41, 5.74) is 3.54. The first-order valence-electron chi connectivity index (χ1n) is 13.8. The van der Waals surface area contributed by atoms with Gasteiger partial charge in [0.1, 0.15) is 0 Å². The average molecular weight is 507 g/mol. The van der Waals surface area contributed by atoms with Crippen molar-refractivity contribution in [3.63, 3.8) is 0 Å². The van der Waals surface area contributed by atoms with Crippen molar-refractivity contribution < 1.29 is 9.53 Å². The molecule has 3 rings (SSSR count). The van der Waals surface area contributed by atoms with E-state index in [0.29, 0.717) is 18.3 Å². The summed E-state index contributed by atoms with van der Waals surface area (Å²) in [4.78, 5) is 18.5. The Balaban J connectivity index is 0.000000771. The fourth-order valence-electron chi connectivity index (χ4n) is 4.18. The van der Waals surface area contributed by atoms with Gasteiger partial charge in [0.15, 0.2) is 0 Å². The standard InChI is InChI=1S/C21H26O2.C8H12N2.2C2H6/c1-4-5-6-16(2)18-11-13-20(14-12-18)19-9-7-17(8-10-19)15-21(22)23-3;1-3-5-8-7(4-2)9-6-10-8;2*1-2/h4-6,11-14,17,19H,1-2,7-10,15H2,3H3;4-6H,3H2,1-2H3,(H,9,10);2*1-2H3/b6-5-;7-4+,8-5+;;. The molecule has 2 aromatic rings. The molecule has 4 heteroatoms. The number of imidazole rings is 1. The summed E-state index contributed by atoms with van der Waals surface area (Å²) in [6.45, 7) is 19.8. The summed E-state index contributed by atoms with van der Waals surface area (Å²) in [5, 5.41) is 2.17. The SMILES string of the molecule is C/C=c1/nc[nH]/c1=C/CC.C=C/C=C\C(=C)c1ccc(C2CCC(CC(=O)OC)CC2)cc1.CC.CC. The normalized spacial score (nSPS) is 17.4. The summed E-state index contributed by atoms with van der Waals surface area (Å²) < 4.78 is 4.77. The van der Waals surface area contributed by atoms with E-state index in [9.17, 15) is 4.79 Å². The highest BCUT2D eigenvalue weighted by atomic mass is 16.5. The third-order valence-electron chi connectivity index (χ3n) is 6.10. The highest BCUT2D eigenvalue weighted by molar-refractivity contribution is 5.72. The van der Waals surface area contributed by atoms with Crippen LogP contribution in [0.15, 0.2) is 62.0 Å². The molecule has 1 N–H and O–H groups in total. The smallest absolute Gasteiger partial charge is 0.305 e. The number of carbonyl (C=O) groups excluding carboxylic acids is 1. The van der Waals surface area contributed by atoms with Gasteiger partial charge in [-0.15, -0.1) is 0 Å². The molecule has 1 aliphatic rings. The van der Waals surface area contributed by atoms with Crippen LogP contribution in [-0.4, -0.2) is 23.0 Å². The third kappa shape index (κ3) is 12.6. The van der Waals surface area contributed by atoms with Crippen LogP contribution in [0.25, 0.3) is 17.7 Å². The number of aromatic nitrogens is 2. The molecule has 1 saturated carbocycles. The Bertz CT molecular complexity index is 1040. The number of methoxy groups -OCH3 is 1. The van der Waals surface area contributed by atoms with Gasteiger partial charge in [0.05, 0.1) is 24.1 Å². The van der Waals surface area contributed by atoms with E-state index < -0.39 is 0 Å². The second kappa shape index (κ2) is 21.0. The monoisotopic (exact) mass is 506 g/mol. The maximum atomic E-state index is 11.4. The van der Waals surface area contributed by atoms with Crippen molar-refractivity contribution in [2.24, 2.45) is 5.92 Å². The van der Waals surface area contributed by atoms with Crippen LogP contribution >= 0.6 is 0 Å². The van der Waals surface area contributed by atoms with E-state index in [2.05, 4.69) is 60.4 Å². The van der Waals surface area contributed by atoms with Gasteiger partial charge >= 0.3 is 5.97 Å². The lowest BCUT2D eigenvalue weighted by molar-refractivity contribution is -0.142. The first-order chi connectivity index (χ1) is 18.0. The Kier molecular flexibility index (Phi) is 19.2. The van der Waals surface area contributed by atoms with E-state index in [1.165, 1.54) is 12.7 Å². The Morgan fingerprint density at radius 3 is 2.24 bits per heavy atom. The second-order valence-electron chi connectivity index (χ2n) is 8.34. The molecule has 204 valence electrons. The number of nitrogens with one attached hydrogen (secondary N) is 1. The quantitative estimate of drug-likeness (QED) is 0.309. The van der Waals surface area contributed by atoms with Gasteiger partial charge in [-0.05, 0) is 67.6 Å². The minimum atomic E-state index is -0.0797. The van der Waals surface area contributed by atoms with Crippen LogP contribution in [-0.2, 0) is 9.53 Å². The Labute approximate surface area is 226 Å². The number of nitrogens with zero attached hydrogens (tertiary/aromatic N) is 1. The van der Waals surface area contributed by atoms with E-state index in [1.807, 2.05) is 52.8 Å². The summed E-state index contributed by atoms with van der Waals surface area (Å²) >= 11 is 0. The van der Waals surface area contributed by atoms with E-state index in [-0.39, 0.29) is 5.97 Å². The lowest BCUT2D eigenvalue weighted by atomic mass is 9.77. The number of rotatable bonds is 7. The van der Waals surface area contributed by atoms with Crippen molar-refractivity contribution in [3.8, 4) is 0 Å². The molecule has 1 heterocycles. The summed E-state index contributed by atoms with van der Waals surface area (Å²) in [6, 6.07) is 8.72. The van der Waals surface area contributed by atoms with Gasteiger partial charge < -0.3 is 9.72 Å². The largest absolute Gasteiger partial charge is 0.469 e. The van der Waals surface area contributed by atoms with Crippen LogP contribution in [0.4, 0.5) is 0 Å². The number of carbonyl (C=O) groups is 1. The fourth-order valence-corrected chi connectivity index (χ4v) is 4.18. The van der Waals surface area contributed by atoms with Crippen molar-refractivity contribution in [3.05, 3.63) is 83.8 Å².